The maximum atomic E-state index is 12.2. The van der Waals surface area contributed by atoms with Crippen molar-refractivity contribution in [2.75, 3.05) is 26.3 Å². The topological polar surface area (TPSA) is 112 Å². The van der Waals surface area contributed by atoms with Crippen LogP contribution in [-0.4, -0.2) is 64.6 Å². The zero-order chi connectivity index (χ0) is 20.5. The predicted molar refractivity (Wildman–Crippen MR) is 110 cm³/mol. The van der Waals surface area contributed by atoms with E-state index in [9.17, 15) is 9.90 Å². The molecule has 2 amide bonds. The van der Waals surface area contributed by atoms with Crippen LogP contribution in [-0.2, 0) is 16.0 Å². The van der Waals surface area contributed by atoms with Gasteiger partial charge in [0.05, 0.1) is 41.8 Å². The highest BCUT2D eigenvalue weighted by molar-refractivity contribution is 5.84. The number of aliphatic hydroxyl groups is 1. The number of rotatable bonds is 5. The number of nitrogens with one attached hydrogen (secondary N) is 3. The van der Waals surface area contributed by atoms with E-state index in [0.29, 0.717) is 17.1 Å². The third-order valence-corrected chi connectivity index (χ3v) is 5.45. The zero-order valence-corrected chi connectivity index (χ0v) is 16.6. The molecule has 1 saturated carbocycles. The summed E-state index contributed by atoms with van der Waals surface area (Å²) in [6.45, 7) is 4.21. The number of imidazole rings is 1. The second-order valence-electron chi connectivity index (χ2n) is 7.82. The molecular weight excluding hydrogens is 386 g/mol. The average Bonchev–Trinajstić information content (AvgIpc) is 3.44. The summed E-state index contributed by atoms with van der Waals surface area (Å²) in [6, 6.07) is 6.04. The van der Waals surface area contributed by atoms with Crippen LogP contribution in [0.5, 0.6) is 0 Å². The average molecular weight is 411 g/mol. The van der Waals surface area contributed by atoms with Gasteiger partial charge in [0.2, 0.25) is 6.29 Å². The Balaban J connectivity index is 1.40. The van der Waals surface area contributed by atoms with Crippen LogP contribution in [0.2, 0.25) is 0 Å². The second kappa shape index (κ2) is 8.10. The molecule has 3 aliphatic rings. The van der Waals surface area contributed by atoms with Gasteiger partial charge in [-0.1, -0.05) is 6.07 Å². The van der Waals surface area contributed by atoms with Crippen molar-refractivity contribution in [2.24, 2.45) is 0 Å². The van der Waals surface area contributed by atoms with E-state index in [1.807, 2.05) is 12.1 Å². The number of aromatic nitrogens is 2. The summed E-state index contributed by atoms with van der Waals surface area (Å²) in [6.07, 6.45) is 3.75. The fourth-order valence-electron chi connectivity index (χ4n) is 3.69. The molecule has 4 N–H and O–H groups in total. The minimum Gasteiger partial charge on any atom is -0.468 e. The molecule has 2 fully saturated rings. The molecule has 1 aliphatic carbocycles. The van der Waals surface area contributed by atoms with Crippen molar-refractivity contribution in [3.8, 4) is 0 Å². The molecule has 0 radical (unpaired) electrons. The number of nitrogens with zero attached hydrogens (tertiary/aromatic N) is 2. The number of hydrogen-bond acceptors (Lipinski definition) is 6. The van der Waals surface area contributed by atoms with E-state index in [1.54, 1.807) is 6.08 Å². The van der Waals surface area contributed by atoms with Crippen LogP contribution in [0.25, 0.3) is 16.6 Å². The van der Waals surface area contributed by atoms with Gasteiger partial charge in [-0.2, -0.15) is 0 Å². The van der Waals surface area contributed by atoms with Gasteiger partial charge >= 0.3 is 6.03 Å². The number of amides is 2. The van der Waals surface area contributed by atoms with Crippen molar-refractivity contribution in [1.29, 1.82) is 0 Å². The van der Waals surface area contributed by atoms with E-state index in [-0.39, 0.29) is 12.1 Å². The summed E-state index contributed by atoms with van der Waals surface area (Å²) in [5, 5.41) is 16.1. The molecule has 158 valence electrons. The van der Waals surface area contributed by atoms with E-state index in [0.717, 1.165) is 56.7 Å². The Labute approximate surface area is 173 Å². The molecular formula is C21H25N5O4. The normalized spacial score (nSPS) is 22.2. The first-order chi connectivity index (χ1) is 14.7. The number of carbonyl (C=O) groups is 1. The highest BCUT2D eigenvalue weighted by Crippen LogP contribution is 2.27. The number of urea groups is 1. The number of hydrogen-bond donors (Lipinski definition) is 4. The van der Waals surface area contributed by atoms with E-state index in [1.165, 1.54) is 11.8 Å². The summed E-state index contributed by atoms with van der Waals surface area (Å²) in [5.41, 5.74) is 3.67. The molecule has 1 unspecified atom stereocenters. The summed E-state index contributed by atoms with van der Waals surface area (Å²) in [7, 11) is 0. The van der Waals surface area contributed by atoms with Crippen LogP contribution in [0.1, 0.15) is 24.2 Å². The molecule has 3 heterocycles. The Bertz CT molecular complexity index is 1000. The number of carbonyl (C=O) groups excluding carboxylic acids is 1. The monoisotopic (exact) mass is 411 g/mol. The van der Waals surface area contributed by atoms with Crippen molar-refractivity contribution in [3.63, 3.8) is 0 Å². The first kappa shape index (κ1) is 19.1. The van der Waals surface area contributed by atoms with Crippen molar-refractivity contribution >= 4 is 22.6 Å². The lowest BCUT2D eigenvalue weighted by Crippen LogP contribution is -2.37. The fraction of sp³-hybridized carbons (Fsp3) is 0.429. The molecule has 1 aromatic heterocycles. The van der Waals surface area contributed by atoms with E-state index >= 15 is 0 Å². The number of fused-ring (bicyclic) bond motifs is 1. The van der Waals surface area contributed by atoms with Crippen molar-refractivity contribution in [1.82, 2.24) is 25.5 Å². The van der Waals surface area contributed by atoms with Crippen LogP contribution in [0, 0.1) is 0 Å². The standard InChI is InChI=1S/C21H25N5O4/c27-20-18(16(5-8-30-20)25-21(28)22-14-2-3-14)19-23-15-4-1-13(11-17(15)24-19)12-26-6-9-29-10-7-26/h1,4-5,8,11,14,20,27H,2-3,6-7,9-10,12H2,(H,23,24)(H2,22,25,28). The van der Waals surface area contributed by atoms with Gasteiger partial charge in [0.15, 0.2) is 0 Å². The lowest BCUT2D eigenvalue weighted by molar-refractivity contribution is -0.00584. The third kappa shape index (κ3) is 4.18. The number of allylic oxidation sites excluding steroid dienone is 1. The van der Waals surface area contributed by atoms with Crippen molar-refractivity contribution in [2.45, 2.75) is 31.7 Å². The Morgan fingerprint density at radius 1 is 1.30 bits per heavy atom. The highest BCUT2D eigenvalue weighted by Gasteiger charge is 2.27. The number of ether oxygens (including phenoxy) is 2. The molecule has 0 spiro atoms. The molecule has 9 nitrogen and oxygen atoms in total. The summed E-state index contributed by atoms with van der Waals surface area (Å²) in [4.78, 5) is 22.5. The van der Waals surface area contributed by atoms with Crippen molar-refractivity contribution in [3.05, 3.63) is 47.6 Å². The van der Waals surface area contributed by atoms with E-state index in [2.05, 4.69) is 31.6 Å². The van der Waals surface area contributed by atoms with Crippen LogP contribution in [0.3, 0.4) is 0 Å². The molecule has 9 heteroatoms. The van der Waals surface area contributed by atoms with Crippen LogP contribution < -0.4 is 10.6 Å². The number of aliphatic hydroxyl groups excluding tert-OH is 1. The maximum absolute atomic E-state index is 12.2. The van der Waals surface area contributed by atoms with Gasteiger partial charge in [0.25, 0.3) is 0 Å². The number of H-pyrrole nitrogens is 1. The maximum Gasteiger partial charge on any atom is 0.319 e. The van der Waals surface area contributed by atoms with Crippen molar-refractivity contribution < 1.29 is 19.4 Å². The van der Waals surface area contributed by atoms with Gasteiger partial charge < -0.3 is 30.2 Å². The molecule has 2 aromatic rings. The molecule has 30 heavy (non-hydrogen) atoms. The lowest BCUT2D eigenvalue weighted by Gasteiger charge is -2.26. The number of benzene rings is 1. The predicted octanol–water partition coefficient (Wildman–Crippen LogP) is 1.43. The first-order valence-electron chi connectivity index (χ1n) is 10.3. The molecule has 0 bridgehead atoms. The van der Waals surface area contributed by atoms with Gasteiger partial charge in [-0.15, -0.1) is 0 Å². The fourth-order valence-corrected chi connectivity index (χ4v) is 3.69. The molecule has 1 atom stereocenters. The molecule has 1 saturated heterocycles. The molecule has 1 aromatic carbocycles. The van der Waals surface area contributed by atoms with Gasteiger partial charge in [-0.05, 0) is 36.6 Å². The summed E-state index contributed by atoms with van der Waals surface area (Å²) in [5.74, 6) is 0.465. The Kier molecular flexibility index (Phi) is 5.16. The number of morpholine rings is 1. The van der Waals surface area contributed by atoms with E-state index in [4.69, 9.17) is 9.47 Å². The SMILES string of the molecule is O=C(NC1=C(c2nc3cc(CN4CCOCC4)ccc3[nH]2)C(O)OC=C1)NC1CC1. The van der Waals surface area contributed by atoms with Crippen LogP contribution in [0.15, 0.2) is 36.2 Å². The smallest absolute Gasteiger partial charge is 0.319 e. The third-order valence-electron chi connectivity index (χ3n) is 5.45. The van der Waals surface area contributed by atoms with Crippen LogP contribution >= 0.6 is 0 Å². The van der Waals surface area contributed by atoms with Gasteiger partial charge in [-0.25, -0.2) is 9.78 Å². The lowest BCUT2D eigenvalue weighted by atomic mass is 10.1. The summed E-state index contributed by atoms with van der Waals surface area (Å²) >= 11 is 0. The minimum atomic E-state index is -1.22. The Hall–Kier alpha value is -2.88. The second-order valence-corrected chi connectivity index (χ2v) is 7.82. The number of aromatic amines is 1. The van der Waals surface area contributed by atoms with Gasteiger partial charge in [-0.3, -0.25) is 4.90 Å². The summed E-state index contributed by atoms with van der Waals surface area (Å²) < 4.78 is 10.6. The quantitative estimate of drug-likeness (QED) is 0.592. The van der Waals surface area contributed by atoms with Crippen LogP contribution in [0.4, 0.5) is 4.79 Å². The molecule has 5 rings (SSSR count). The zero-order valence-electron chi connectivity index (χ0n) is 16.6. The highest BCUT2D eigenvalue weighted by atomic mass is 16.6. The van der Waals surface area contributed by atoms with E-state index < -0.39 is 6.29 Å². The van der Waals surface area contributed by atoms with Gasteiger partial charge in [0.1, 0.15) is 5.82 Å². The molecule has 2 aliphatic heterocycles. The first-order valence-corrected chi connectivity index (χ1v) is 10.3. The minimum absolute atomic E-state index is 0.235. The Morgan fingerprint density at radius 2 is 2.13 bits per heavy atom. The Morgan fingerprint density at radius 3 is 2.93 bits per heavy atom. The van der Waals surface area contributed by atoms with Gasteiger partial charge in [0, 0.05) is 25.7 Å². The largest absolute Gasteiger partial charge is 0.468 e.